The smallest absolute Gasteiger partial charge is 0.329 e. The van der Waals surface area contributed by atoms with E-state index in [0.29, 0.717) is 18.8 Å². The molecule has 0 heterocycles. The Morgan fingerprint density at radius 1 is 1.52 bits per heavy atom. The predicted octanol–water partition coefficient (Wildman–Crippen LogP) is 2.80. The van der Waals surface area contributed by atoms with Crippen molar-refractivity contribution in [2.24, 2.45) is 5.92 Å². The maximum Gasteiger partial charge on any atom is 0.329 e. The van der Waals surface area contributed by atoms with Crippen molar-refractivity contribution in [2.75, 3.05) is 19.1 Å². The summed E-state index contributed by atoms with van der Waals surface area (Å²) in [7, 11) is 1.75. The third-order valence-electron chi connectivity index (χ3n) is 4.45. The molecule has 21 heavy (non-hydrogen) atoms. The Balaban J connectivity index is 2.79. The summed E-state index contributed by atoms with van der Waals surface area (Å²) >= 11 is 1.69. The highest BCUT2D eigenvalue weighted by Gasteiger charge is 2.44. The molecule has 0 aromatic heterocycles. The van der Waals surface area contributed by atoms with Crippen LogP contribution in [0.3, 0.4) is 0 Å². The average molecular weight is 316 g/mol. The van der Waals surface area contributed by atoms with Gasteiger partial charge in [-0.2, -0.15) is 11.8 Å². The number of carbonyl (C=O) groups excluding carboxylic acids is 1. The van der Waals surface area contributed by atoms with E-state index in [0.717, 1.165) is 25.0 Å². The summed E-state index contributed by atoms with van der Waals surface area (Å²) in [5.74, 6) is 0.277. The first kappa shape index (κ1) is 18.1. The summed E-state index contributed by atoms with van der Waals surface area (Å²) in [6.07, 6.45) is 5.79. The van der Waals surface area contributed by atoms with Crippen molar-refractivity contribution >= 4 is 23.8 Å². The molecule has 3 unspecified atom stereocenters. The first-order chi connectivity index (χ1) is 9.86. The molecule has 5 nitrogen and oxygen atoms in total. The molecule has 1 aliphatic carbocycles. The first-order valence-corrected chi connectivity index (χ1v) is 9.03. The van der Waals surface area contributed by atoms with Gasteiger partial charge in [-0.05, 0) is 31.4 Å². The number of rotatable bonds is 6. The number of urea groups is 1. The summed E-state index contributed by atoms with van der Waals surface area (Å²) in [6.45, 7) is 4.09. The van der Waals surface area contributed by atoms with E-state index in [4.69, 9.17) is 0 Å². The quantitative estimate of drug-likeness (QED) is 0.790. The molecule has 0 aromatic carbocycles. The number of carboxylic acids is 1. The van der Waals surface area contributed by atoms with Crippen LogP contribution in [0.25, 0.3) is 0 Å². The Morgan fingerprint density at radius 3 is 2.67 bits per heavy atom. The lowest BCUT2D eigenvalue weighted by atomic mass is 9.76. The van der Waals surface area contributed by atoms with Crippen molar-refractivity contribution in [3.05, 3.63) is 0 Å². The lowest BCUT2D eigenvalue weighted by Crippen LogP contribution is -2.60. The van der Waals surface area contributed by atoms with Crippen molar-refractivity contribution in [3.8, 4) is 0 Å². The van der Waals surface area contributed by atoms with Gasteiger partial charge in [0.05, 0.1) is 0 Å². The highest BCUT2D eigenvalue weighted by molar-refractivity contribution is 7.98. The fourth-order valence-corrected chi connectivity index (χ4v) is 3.91. The molecule has 1 saturated carbocycles. The van der Waals surface area contributed by atoms with Gasteiger partial charge >= 0.3 is 12.0 Å². The lowest BCUT2D eigenvalue weighted by molar-refractivity contribution is -0.146. The van der Waals surface area contributed by atoms with Crippen LogP contribution in [-0.2, 0) is 4.79 Å². The predicted molar refractivity (Wildman–Crippen MR) is 86.8 cm³/mol. The number of carboxylic acid groups (broad SMARTS) is 1. The van der Waals surface area contributed by atoms with Crippen LogP contribution < -0.4 is 5.32 Å². The Morgan fingerprint density at radius 2 is 2.19 bits per heavy atom. The van der Waals surface area contributed by atoms with Crippen molar-refractivity contribution in [1.29, 1.82) is 0 Å². The molecule has 6 heteroatoms. The molecule has 1 aliphatic rings. The number of hydrogen-bond donors (Lipinski definition) is 2. The van der Waals surface area contributed by atoms with Crippen molar-refractivity contribution in [1.82, 2.24) is 10.2 Å². The van der Waals surface area contributed by atoms with Crippen molar-refractivity contribution < 1.29 is 14.7 Å². The summed E-state index contributed by atoms with van der Waals surface area (Å²) in [6, 6.07) is -0.140. The van der Waals surface area contributed by atoms with Gasteiger partial charge in [-0.15, -0.1) is 0 Å². The zero-order valence-corrected chi connectivity index (χ0v) is 14.3. The van der Waals surface area contributed by atoms with Gasteiger partial charge < -0.3 is 15.3 Å². The zero-order chi connectivity index (χ0) is 16.0. The minimum atomic E-state index is -1.10. The minimum absolute atomic E-state index is 0.131. The monoisotopic (exact) mass is 316 g/mol. The van der Waals surface area contributed by atoms with Crippen LogP contribution in [0, 0.1) is 5.92 Å². The number of carbonyl (C=O) groups is 2. The minimum Gasteiger partial charge on any atom is -0.480 e. The Kier molecular flexibility index (Phi) is 6.84. The maximum atomic E-state index is 12.4. The number of aliphatic carboxylic acids is 1. The number of nitrogens with one attached hydrogen (secondary N) is 1. The molecule has 0 saturated heterocycles. The second kappa shape index (κ2) is 7.92. The van der Waals surface area contributed by atoms with E-state index in [1.54, 1.807) is 23.7 Å². The Labute approximate surface area is 131 Å². The maximum absolute atomic E-state index is 12.4. The zero-order valence-electron chi connectivity index (χ0n) is 13.5. The molecule has 0 aromatic rings. The largest absolute Gasteiger partial charge is 0.480 e. The molecule has 2 N–H and O–H groups in total. The van der Waals surface area contributed by atoms with Crippen LogP contribution in [-0.4, -0.2) is 52.6 Å². The molecule has 0 aliphatic heterocycles. The SMILES string of the molecule is CCC(CSC)N(C)C(=O)NC1(C(=O)O)CCCC(C)C1. The molecule has 2 amide bonds. The van der Waals surface area contributed by atoms with Gasteiger partial charge in [0.1, 0.15) is 5.54 Å². The number of thioether (sulfide) groups is 1. The fourth-order valence-electron chi connectivity index (χ4n) is 3.07. The Bertz CT molecular complexity index is 378. The second-order valence-corrected chi connectivity index (χ2v) is 7.06. The van der Waals surface area contributed by atoms with Gasteiger partial charge in [-0.1, -0.05) is 26.7 Å². The van der Waals surface area contributed by atoms with E-state index in [1.807, 2.05) is 13.2 Å². The fraction of sp³-hybridized carbons (Fsp3) is 0.867. The van der Waals surface area contributed by atoms with Crippen LogP contribution in [0.2, 0.25) is 0 Å². The first-order valence-electron chi connectivity index (χ1n) is 7.63. The van der Waals surface area contributed by atoms with Crippen LogP contribution in [0.5, 0.6) is 0 Å². The summed E-state index contributed by atoms with van der Waals surface area (Å²) in [4.78, 5) is 25.8. The van der Waals surface area contributed by atoms with Gasteiger partial charge in [0.15, 0.2) is 0 Å². The molecule has 0 radical (unpaired) electrons. The lowest BCUT2D eigenvalue weighted by Gasteiger charge is -2.39. The topological polar surface area (TPSA) is 69.6 Å². The normalized spacial score (nSPS) is 27.0. The molecular weight excluding hydrogens is 288 g/mol. The number of hydrogen-bond acceptors (Lipinski definition) is 3. The average Bonchev–Trinajstić information content (AvgIpc) is 2.43. The van der Waals surface area contributed by atoms with Crippen LogP contribution in [0.4, 0.5) is 4.79 Å². The molecule has 122 valence electrons. The summed E-state index contributed by atoms with van der Waals surface area (Å²) < 4.78 is 0. The molecule has 1 rings (SSSR count). The van der Waals surface area contributed by atoms with E-state index in [9.17, 15) is 14.7 Å². The second-order valence-electron chi connectivity index (χ2n) is 6.15. The molecular formula is C15H28N2O3S. The van der Waals surface area contributed by atoms with Crippen LogP contribution >= 0.6 is 11.8 Å². The summed E-state index contributed by atoms with van der Waals surface area (Å²) in [5, 5.41) is 12.4. The molecule has 1 fully saturated rings. The molecule has 0 spiro atoms. The van der Waals surface area contributed by atoms with E-state index < -0.39 is 11.5 Å². The number of amides is 2. The molecule has 0 bridgehead atoms. The van der Waals surface area contributed by atoms with Gasteiger partial charge in [-0.3, -0.25) is 0 Å². The van der Waals surface area contributed by atoms with E-state index in [2.05, 4.69) is 12.2 Å². The van der Waals surface area contributed by atoms with Gasteiger partial charge in [0.25, 0.3) is 0 Å². The standard InChI is InChI=1S/C15H28N2O3S/c1-5-12(10-21-4)17(3)14(20)16-15(13(18)19)8-6-7-11(2)9-15/h11-12H,5-10H2,1-4H3,(H,16,20)(H,18,19). The third-order valence-corrected chi connectivity index (χ3v) is 5.17. The van der Waals surface area contributed by atoms with E-state index in [1.165, 1.54) is 0 Å². The Hall–Kier alpha value is -0.910. The highest BCUT2D eigenvalue weighted by atomic mass is 32.2. The molecule has 3 atom stereocenters. The van der Waals surface area contributed by atoms with Crippen LogP contribution in [0.15, 0.2) is 0 Å². The van der Waals surface area contributed by atoms with E-state index in [-0.39, 0.29) is 12.1 Å². The van der Waals surface area contributed by atoms with Crippen molar-refractivity contribution in [3.63, 3.8) is 0 Å². The summed E-state index contributed by atoms with van der Waals surface area (Å²) in [5.41, 5.74) is -1.10. The van der Waals surface area contributed by atoms with Gasteiger partial charge in [-0.25, -0.2) is 9.59 Å². The van der Waals surface area contributed by atoms with Gasteiger partial charge in [0, 0.05) is 18.8 Å². The third kappa shape index (κ3) is 4.53. The van der Waals surface area contributed by atoms with Gasteiger partial charge in [0.2, 0.25) is 0 Å². The van der Waals surface area contributed by atoms with Crippen molar-refractivity contribution in [2.45, 2.75) is 57.5 Å². The van der Waals surface area contributed by atoms with E-state index >= 15 is 0 Å². The number of nitrogens with zero attached hydrogens (tertiary/aromatic N) is 1. The highest BCUT2D eigenvalue weighted by Crippen LogP contribution is 2.32. The van der Waals surface area contributed by atoms with Crippen LogP contribution in [0.1, 0.15) is 46.0 Å².